The first-order chi connectivity index (χ1) is 14.5. The fourth-order valence-corrected chi connectivity index (χ4v) is 4.10. The number of hydrogen-bond donors (Lipinski definition) is 2. The number of amides is 2. The Hall–Kier alpha value is -3.06. The number of aromatic nitrogens is 1. The molecule has 4 rings (SSSR count). The number of benzene rings is 2. The average molecular weight is 430 g/mol. The first-order valence-electron chi connectivity index (χ1n) is 9.73. The van der Waals surface area contributed by atoms with E-state index in [2.05, 4.69) is 10.3 Å². The van der Waals surface area contributed by atoms with Crippen molar-refractivity contribution < 1.29 is 18.7 Å². The second-order valence-corrected chi connectivity index (χ2v) is 7.50. The molecule has 0 bridgehead atoms. The number of nitrogens with one attached hydrogen (secondary N) is 2. The van der Waals surface area contributed by atoms with Crippen LogP contribution in [0.2, 0.25) is 5.02 Å². The lowest BCUT2D eigenvalue weighted by molar-refractivity contribution is -0.141. The van der Waals surface area contributed by atoms with Crippen LogP contribution in [-0.4, -0.2) is 41.6 Å². The summed E-state index contributed by atoms with van der Waals surface area (Å²) < 4.78 is 18.4. The molecule has 0 spiro atoms. The molecular weight excluding hydrogens is 409 g/mol. The van der Waals surface area contributed by atoms with Crippen molar-refractivity contribution in [2.75, 3.05) is 19.7 Å². The maximum Gasteiger partial charge on any atom is 0.325 e. The van der Waals surface area contributed by atoms with Gasteiger partial charge >= 0.3 is 12.0 Å². The number of carbonyl (C=O) groups is 2. The Kier molecular flexibility index (Phi) is 5.63. The molecule has 0 radical (unpaired) electrons. The second-order valence-electron chi connectivity index (χ2n) is 7.07. The maximum atomic E-state index is 13.5. The molecule has 0 saturated carbocycles. The molecule has 0 unspecified atom stereocenters. The van der Waals surface area contributed by atoms with Gasteiger partial charge in [-0.2, -0.15) is 0 Å². The van der Waals surface area contributed by atoms with Crippen LogP contribution in [0.15, 0.2) is 42.5 Å². The van der Waals surface area contributed by atoms with Gasteiger partial charge in [-0.3, -0.25) is 4.79 Å². The van der Waals surface area contributed by atoms with Crippen LogP contribution in [0.4, 0.5) is 9.18 Å². The van der Waals surface area contributed by atoms with Gasteiger partial charge in [0.25, 0.3) is 0 Å². The van der Waals surface area contributed by atoms with Crippen molar-refractivity contribution in [1.82, 2.24) is 15.2 Å². The molecule has 3 aromatic rings. The number of rotatable bonds is 4. The van der Waals surface area contributed by atoms with Crippen molar-refractivity contribution >= 4 is 34.5 Å². The molecule has 0 saturated heterocycles. The number of urea groups is 1. The van der Waals surface area contributed by atoms with Crippen LogP contribution in [0.5, 0.6) is 0 Å². The van der Waals surface area contributed by atoms with Crippen LogP contribution < -0.4 is 5.32 Å². The van der Waals surface area contributed by atoms with Crippen molar-refractivity contribution in [3.63, 3.8) is 0 Å². The molecule has 2 heterocycles. The molecule has 2 aromatic carbocycles. The monoisotopic (exact) mass is 429 g/mol. The Labute approximate surface area is 178 Å². The molecule has 0 fully saturated rings. The minimum absolute atomic E-state index is 0.214. The number of esters is 1. The summed E-state index contributed by atoms with van der Waals surface area (Å²) in [5, 5.41) is 4.27. The SMILES string of the molecule is CCOC(=O)CNC(=O)N1CCc2c([nH]c3ccc(Cl)cc23)[C@H]1c1ccc(F)cc1. The lowest BCUT2D eigenvalue weighted by Crippen LogP contribution is -2.47. The Morgan fingerprint density at radius 3 is 2.77 bits per heavy atom. The van der Waals surface area contributed by atoms with Crippen LogP contribution in [0, 0.1) is 5.82 Å². The third-order valence-corrected chi connectivity index (χ3v) is 5.46. The molecule has 1 aromatic heterocycles. The third-order valence-electron chi connectivity index (χ3n) is 5.22. The van der Waals surface area contributed by atoms with E-state index in [4.69, 9.17) is 16.3 Å². The molecule has 1 aliphatic heterocycles. The highest BCUT2D eigenvalue weighted by atomic mass is 35.5. The van der Waals surface area contributed by atoms with Gasteiger partial charge in [-0.25, -0.2) is 9.18 Å². The molecule has 156 valence electrons. The topological polar surface area (TPSA) is 74.4 Å². The van der Waals surface area contributed by atoms with E-state index in [0.717, 1.165) is 27.7 Å². The molecule has 2 amide bonds. The highest BCUT2D eigenvalue weighted by Crippen LogP contribution is 2.39. The zero-order chi connectivity index (χ0) is 21.3. The van der Waals surface area contributed by atoms with Crippen LogP contribution in [0.25, 0.3) is 10.9 Å². The summed E-state index contributed by atoms with van der Waals surface area (Å²) in [6.07, 6.45) is 0.625. The standard InChI is InChI=1S/C22H21ClFN3O3/c1-2-30-19(28)12-25-22(29)27-10-9-16-17-11-14(23)5-8-18(17)26-20(16)21(27)13-3-6-15(24)7-4-13/h3-8,11,21,26H,2,9-10,12H2,1H3,(H,25,29)/t21-/m1/s1. The predicted octanol–water partition coefficient (Wildman–Crippen LogP) is 4.18. The average Bonchev–Trinajstić information content (AvgIpc) is 3.10. The summed E-state index contributed by atoms with van der Waals surface area (Å²) >= 11 is 6.19. The maximum absolute atomic E-state index is 13.5. The van der Waals surface area contributed by atoms with Crippen molar-refractivity contribution in [2.45, 2.75) is 19.4 Å². The van der Waals surface area contributed by atoms with Crippen molar-refractivity contribution in [3.8, 4) is 0 Å². The molecule has 30 heavy (non-hydrogen) atoms. The highest BCUT2D eigenvalue weighted by molar-refractivity contribution is 6.31. The third kappa shape index (κ3) is 3.85. The van der Waals surface area contributed by atoms with Crippen molar-refractivity contribution in [3.05, 3.63) is 70.1 Å². The van der Waals surface area contributed by atoms with E-state index < -0.39 is 12.0 Å². The normalized spacial score (nSPS) is 15.7. The summed E-state index contributed by atoms with van der Waals surface area (Å²) in [5.74, 6) is -0.848. The minimum Gasteiger partial charge on any atom is -0.465 e. The predicted molar refractivity (Wildman–Crippen MR) is 112 cm³/mol. The van der Waals surface area contributed by atoms with Gasteiger partial charge in [-0.05, 0) is 54.8 Å². The van der Waals surface area contributed by atoms with Gasteiger partial charge < -0.3 is 19.9 Å². The van der Waals surface area contributed by atoms with Crippen LogP contribution >= 0.6 is 11.6 Å². The Morgan fingerprint density at radius 2 is 2.03 bits per heavy atom. The van der Waals surface area contributed by atoms with Crippen LogP contribution in [0.3, 0.4) is 0 Å². The Bertz CT molecular complexity index is 1100. The van der Waals surface area contributed by atoms with E-state index in [1.54, 1.807) is 24.0 Å². The fourth-order valence-electron chi connectivity index (χ4n) is 3.93. The minimum atomic E-state index is -0.498. The number of halogens is 2. The zero-order valence-electron chi connectivity index (χ0n) is 16.4. The van der Waals surface area contributed by atoms with Gasteiger partial charge in [0.15, 0.2) is 0 Å². The van der Waals surface area contributed by atoms with E-state index in [1.165, 1.54) is 12.1 Å². The van der Waals surface area contributed by atoms with Gasteiger partial charge in [0.1, 0.15) is 12.4 Å². The highest BCUT2D eigenvalue weighted by Gasteiger charge is 2.34. The molecule has 8 heteroatoms. The fraction of sp³-hybridized carbons (Fsp3) is 0.273. The number of hydrogen-bond acceptors (Lipinski definition) is 3. The van der Waals surface area contributed by atoms with E-state index in [0.29, 0.717) is 18.0 Å². The quantitative estimate of drug-likeness (QED) is 0.611. The second kappa shape index (κ2) is 8.36. The van der Waals surface area contributed by atoms with E-state index in [-0.39, 0.29) is 25.0 Å². The largest absolute Gasteiger partial charge is 0.465 e. The van der Waals surface area contributed by atoms with Gasteiger partial charge in [0.05, 0.1) is 12.6 Å². The number of fused-ring (bicyclic) bond motifs is 3. The molecule has 1 atom stereocenters. The molecule has 6 nitrogen and oxygen atoms in total. The van der Waals surface area contributed by atoms with Crippen LogP contribution in [-0.2, 0) is 16.0 Å². The lowest BCUT2D eigenvalue weighted by Gasteiger charge is -2.36. The molecule has 2 N–H and O–H groups in total. The van der Waals surface area contributed by atoms with E-state index >= 15 is 0 Å². The Morgan fingerprint density at radius 1 is 1.27 bits per heavy atom. The number of nitrogens with zero attached hydrogens (tertiary/aromatic N) is 1. The van der Waals surface area contributed by atoms with Crippen molar-refractivity contribution in [2.24, 2.45) is 0 Å². The smallest absolute Gasteiger partial charge is 0.325 e. The van der Waals surface area contributed by atoms with E-state index in [9.17, 15) is 14.0 Å². The number of carbonyl (C=O) groups excluding carboxylic acids is 2. The first-order valence-corrected chi connectivity index (χ1v) is 10.1. The summed E-state index contributed by atoms with van der Waals surface area (Å²) in [6, 6.07) is 10.9. The van der Waals surface area contributed by atoms with Gasteiger partial charge in [-0.15, -0.1) is 0 Å². The van der Waals surface area contributed by atoms with Crippen LogP contribution in [0.1, 0.15) is 29.8 Å². The number of aromatic amines is 1. The van der Waals surface area contributed by atoms with Gasteiger partial charge in [0.2, 0.25) is 0 Å². The van der Waals surface area contributed by atoms with Crippen molar-refractivity contribution in [1.29, 1.82) is 0 Å². The Balaban J connectivity index is 1.72. The summed E-state index contributed by atoms with van der Waals surface area (Å²) in [6.45, 7) is 2.17. The summed E-state index contributed by atoms with van der Waals surface area (Å²) in [7, 11) is 0. The molecule has 0 aliphatic carbocycles. The number of H-pyrrole nitrogens is 1. The zero-order valence-corrected chi connectivity index (χ0v) is 17.1. The summed E-state index contributed by atoms with van der Waals surface area (Å²) in [5.41, 5.74) is 3.62. The molecule has 1 aliphatic rings. The first kappa shape index (κ1) is 20.2. The van der Waals surface area contributed by atoms with E-state index in [1.807, 2.05) is 18.2 Å². The lowest BCUT2D eigenvalue weighted by atomic mass is 9.92. The number of ether oxygens (including phenoxy) is 1. The molecular formula is C22H21ClFN3O3. The summed E-state index contributed by atoms with van der Waals surface area (Å²) in [4.78, 5) is 29.6. The van der Waals surface area contributed by atoms with Gasteiger partial charge in [-0.1, -0.05) is 23.7 Å². The van der Waals surface area contributed by atoms with Gasteiger partial charge in [0, 0.05) is 28.2 Å².